The van der Waals surface area contributed by atoms with Gasteiger partial charge in [0.1, 0.15) is 0 Å². The molecule has 0 aromatic heterocycles. The highest BCUT2D eigenvalue weighted by Gasteiger charge is 2.16. The van der Waals surface area contributed by atoms with E-state index in [1.807, 2.05) is 42.1 Å². The largest absolute Gasteiger partial charge is 0.240 e. The topological polar surface area (TPSA) is 46.2 Å². The molecule has 1 N–H and O–H groups in total. The highest BCUT2D eigenvalue weighted by molar-refractivity contribution is 8.00. The zero-order valence-electron chi connectivity index (χ0n) is 13.2. The fourth-order valence-corrected chi connectivity index (χ4v) is 5.47. The van der Waals surface area contributed by atoms with Crippen LogP contribution < -0.4 is 4.72 Å². The molecule has 124 valence electrons. The van der Waals surface area contributed by atoms with E-state index in [4.69, 9.17) is 0 Å². The maximum atomic E-state index is 12.4. The van der Waals surface area contributed by atoms with Gasteiger partial charge in [-0.25, -0.2) is 13.1 Å². The lowest BCUT2D eigenvalue weighted by atomic mass is 10.0. The van der Waals surface area contributed by atoms with Crippen molar-refractivity contribution < 1.29 is 8.42 Å². The zero-order chi connectivity index (χ0) is 16.1. The van der Waals surface area contributed by atoms with Crippen molar-refractivity contribution >= 4 is 32.6 Å². The lowest BCUT2D eigenvalue weighted by Gasteiger charge is -2.20. The molecule has 3 rings (SSSR count). The Hall–Kier alpha value is -1.04. The molecular formula is C18H23NO2S2. The summed E-state index contributed by atoms with van der Waals surface area (Å²) < 4.78 is 27.5. The highest BCUT2D eigenvalue weighted by Crippen LogP contribution is 2.27. The van der Waals surface area contributed by atoms with Crippen LogP contribution in [0.5, 0.6) is 0 Å². The van der Waals surface area contributed by atoms with Crippen LogP contribution in [0, 0.1) is 0 Å². The van der Waals surface area contributed by atoms with Crippen LogP contribution in [0.1, 0.15) is 32.1 Å². The molecule has 1 fully saturated rings. The van der Waals surface area contributed by atoms with E-state index in [9.17, 15) is 8.42 Å². The van der Waals surface area contributed by atoms with E-state index in [1.165, 1.54) is 32.1 Å². The number of fused-ring (bicyclic) bond motifs is 1. The second-order valence-electron chi connectivity index (χ2n) is 6.04. The highest BCUT2D eigenvalue weighted by atomic mass is 32.2. The number of thioether (sulfide) groups is 1. The summed E-state index contributed by atoms with van der Waals surface area (Å²) in [7, 11) is -3.42. The number of benzene rings is 2. The number of hydrogen-bond donors (Lipinski definition) is 1. The van der Waals surface area contributed by atoms with E-state index < -0.39 is 10.0 Å². The first-order valence-corrected chi connectivity index (χ1v) is 10.8. The Morgan fingerprint density at radius 1 is 1.00 bits per heavy atom. The molecule has 0 unspecified atom stereocenters. The second-order valence-corrected chi connectivity index (χ2v) is 9.21. The molecule has 0 amide bonds. The molecule has 0 aliphatic heterocycles. The molecule has 2 aromatic carbocycles. The van der Waals surface area contributed by atoms with Crippen LogP contribution in [0.25, 0.3) is 10.8 Å². The van der Waals surface area contributed by atoms with Crippen molar-refractivity contribution in [3.8, 4) is 0 Å². The molecule has 0 bridgehead atoms. The summed E-state index contributed by atoms with van der Waals surface area (Å²) in [6.45, 7) is 0.496. The summed E-state index contributed by atoms with van der Waals surface area (Å²) in [5, 5.41) is 2.72. The van der Waals surface area contributed by atoms with Gasteiger partial charge in [0.15, 0.2) is 0 Å². The molecule has 0 spiro atoms. The third kappa shape index (κ3) is 4.49. The van der Waals surface area contributed by atoms with Gasteiger partial charge in [0, 0.05) is 17.5 Å². The van der Waals surface area contributed by atoms with Gasteiger partial charge < -0.3 is 0 Å². The third-order valence-corrected chi connectivity index (χ3v) is 7.17. The maximum Gasteiger partial charge on any atom is 0.240 e. The van der Waals surface area contributed by atoms with Crippen molar-refractivity contribution in [2.75, 3.05) is 12.3 Å². The van der Waals surface area contributed by atoms with Crippen molar-refractivity contribution in [1.29, 1.82) is 0 Å². The first kappa shape index (κ1) is 16.8. The molecule has 2 aromatic rings. The van der Waals surface area contributed by atoms with Gasteiger partial charge in [0.2, 0.25) is 10.0 Å². The summed E-state index contributed by atoms with van der Waals surface area (Å²) in [6, 6.07) is 13.1. The summed E-state index contributed by atoms with van der Waals surface area (Å²) >= 11 is 1.91. The van der Waals surface area contributed by atoms with E-state index in [1.54, 1.807) is 12.1 Å². The van der Waals surface area contributed by atoms with E-state index in [0.29, 0.717) is 16.7 Å². The Morgan fingerprint density at radius 2 is 1.74 bits per heavy atom. The van der Waals surface area contributed by atoms with E-state index in [2.05, 4.69) is 4.72 Å². The van der Waals surface area contributed by atoms with Crippen molar-refractivity contribution in [2.45, 2.75) is 42.2 Å². The fourth-order valence-electron chi connectivity index (χ4n) is 3.05. The van der Waals surface area contributed by atoms with E-state index >= 15 is 0 Å². The van der Waals surface area contributed by atoms with Gasteiger partial charge >= 0.3 is 0 Å². The zero-order valence-corrected chi connectivity index (χ0v) is 14.8. The molecule has 0 atom stereocenters. The predicted molar refractivity (Wildman–Crippen MR) is 98.5 cm³/mol. The number of sulfonamides is 1. The molecule has 5 heteroatoms. The number of hydrogen-bond acceptors (Lipinski definition) is 3. The van der Waals surface area contributed by atoms with Crippen LogP contribution in [0.3, 0.4) is 0 Å². The van der Waals surface area contributed by atoms with Crippen molar-refractivity contribution in [3.63, 3.8) is 0 Å². The quantitative estimate of drug-likeness (QED) is 0.796. The Bertz CT molecular complexity index is 752. The SMILES string of the molecule is O=S(=O)(NCCSC1CCCCC1)c1ccc2ccccc2c1. The van der Waals surface area contributed by atoms with Crippen molar-refractivity contribution in [2.24, 2.45) is 0 Å². The van der Waals surface area contributed by atoms with E-state index in [0.717, 1.165) is 16.5 Å². The van der Waals surface area contributed by atoms with E-state index in [-0.39, 0.29) is 0 Å². The molecule has 1 aliphatic rings. The summed E-state index contributed by atoms with van der Waals surface area (Å²) in [5.41, 5.74) is 0. The molecule has 0 radical (unpaired) electrons. The number of rotatable bonds is 6. The lowest BCUT2D eigenvalue weighted by molar-refractivity contribution is 0.516. The Balaban J connectivity index is 1.57. The summed E-state index contributed by atoms with van der Waals surface area (Å²) in [5.74, 6) is 0.845. The van der Waals surface area contributed by atoms with Gasteiger partial charge in [-0.05, 0) is 35.7 Å². The molecule has 0 saturated heterocycles. The standard InChI is InChI=1S/C18H23NO2S2/c20-23(21,19-12-13-22-17-8-2-1-3-9-17)18-11-10-15-6-4-5-7-16(15)14-18/h4-7,10-11,14,17,19H,1-3,8-9,12-13H2. The monoisotopic (exact) mass is 349 g/mol. The minimum absolute atomic E-state index is 0.346. The van der Waals surface area contributed by atoms with Crippen LogP contribution in [0.15, 0.2) is 47.4 Å². The minimum atomic E-state index is -3.42. The minimum Gasteiger partial charge on any atom is -0.210 e. The smallest absolute Gasteiger partial charge is 0.210 e. The molecule has 1 aliphatic carbocycles. The van der Waals surface area contributed by atoms with Gasteiger partial charge in [-0.15, -0.1) is 0 Å². The summed E-state index contributed by atoms with van der Waals surface area (Å²) in [6.07, 6.45) is 6.55. The third-order valence-electron chi connectivity index (χ3n) is 4.33. The molecule has 1 saturated carbocycles. The predicted octanol–water partition coefficient (Wildman–Crippen LogP) is 4.18. The fraction of sp³-hybridized carbons (Fsp3) is 0.444. The average Bonchev–Trinajstić information content (AvgIpc) is 2.59. The van der Waals surface area contributed by atoms with Crippen molar-refractivity contribution in [3.05, 3.63) is 42.5 Å². The first-order chi connectivity index (χ1) is 11.1. The Kier molecular flexibility index (Phi) is 5.62. The van der Waals surface area contributed by atoms with Crippen LogP contribution >= 0.6 is 11.8 Å². The molecular weight excluding hydrogens is 326 g/mol. The summed E-state index contributed by atoms with van der Waals surface area (Å²) in [4.78, 5) is 0.346. The van der Waals surface area contributed by atoms with Gasteiger partial charge in [0.25, 0.3) is 0 Å². The van der Waals surface area contributed by atoms with Gasteiger partial charge in [-0.2, -0.15) is 11.8 Å². The van der Waals surface area contributed by atoms with Crippen LogP contribution in [-0.4, -0.2) is 26.0 Å². The maximum absolute atomic E-state index is 12.4. The van der Waals surface area contributed by atoms with Crippen LogP contribution in [-0.2, 0) is 10.0 Å². The number of nitrogens with one attached hydrogen (secondary N) is 1. The molecule has 3 nitrogen and oxygen atoms in total. The van der Waals surface area contributed by atoms with Crippen molar-refractivity contribution in [1.82, 2.24) is 4.72 Å². The Morgan fingerprint density at radius 3 is 2.52 bits per heavy atom. The van der Waals surface area contributed by atoms with Gasteiger partial charge in [-0.3, -0.25) is 0 Å². The lowest BCUT2D eigenvalue weighted by Crippen LogP contribution is -2.26. The van der Waals surface area contributed by atoms with Crippen LogP contribution in [0.2, 0.25) is 0 Å². The van der Waals surface area contributed by atoms with Gasteiger partial charge in [0.05, 0.1) is 4.90 Å². The van der Waals surface area contributed by atoms with Crippen LogP contribution in [0.4, 0.5) is 0 Å². The first-order valence-electron chi connectivity index (χ1n) is 8.25. The molecule has 23 heavy (non-hydrogen) atoms. The Labute approximate surface area is 142 Å². The normalized spacial score (nSPS) is 16.7. The second kappa shape index (κ2) is 7.69. The average molecular weight is 350 g/mol. The van der Waals surface area contributed by atoms with Gasteiger partial charge in [-0.1, -0.05) is 49.6 Å². The molecule has 0 heterocycles.